The van der Waals surface area contributed by atoms with Crippen molar-refractivity contribution in [1.29, 1.82) is 0 Å². The van der Waals surface area contributed by atoms with Gasteiger partial charge in [-0.1, -0.05) is 6.07 Å². The minimum atomic E-state index is -3.39. The Labute approximate surface area is 177 Å². The van der Waals surface area contributed by atoms with Gasteiger partial charge in [-0.25, -0.2) is 17.5 Å². The molecule has 164 valence electrons. The van der Waals surface area contributed by atoms with E-state index in [2.05, 4.69) is 20.3 Å². The van der Waals surface area contributed by atoms with Crippen LogP contribution in [0, 0.1) is 5.82 Å². The molecule has 1 atom stereocenters. The molecule has 1 aromatic carbocycles. The van der Waals surface area contributed by atoms with Crippen LogP contribution in [-0.2, 0) is 27.1 Å². The number of ether oxygens (including phenoxy) is 1. The van der Waals surface area contributed by atoms with Gasteiger partial charge in [0.1, 0.15) is 5.82 Å². The van der Waals surface area contributed by atoms with E-state index >= 15 is 0 Å². The number of benzene rings is 1. The Morgan fingerprint density at radius 1 is 1.31 bits per heavy atom. The van der Waals surface area contributed by atoms with Gasteiger partial charge in [-0.15, -0.1) is 0 Å². The van der Waals surface area contributed by atoms with Crippen LogP contribution in [0.2, 0.25) is 0 Å². The Morgan fingerprint density at radius 2 is 2.14 bits per heavy atom. The smallest absolute Gasteiger partial charge is 0.213 e. The lowest BCUT2D eigenvalue weighted by Crippen LogP contribution is -2.42. The minimum Gasteiger partial charge on any atom is -0.377 e. The summed E-state index contributed by atoms with van der Waals surface area (Å²) in [6.45, 7) is 1.71. The molecule has 0 saturated carbocycles. The first-order valence-electron chi connectivity index (χ1n) is 9.73. The molecular formula is C19H31FN4O3S2. The van der Waals surface area contributed by atoms with E-state index in [0.29, 0.717) is 25.7 Å². The quantitative estimate of drug-likeness (QED) is 0.375. The average Bonchev–Trinajstić information content (AvgIpc) is 2.71. The van der Waals surface area contributed by atoms with Gasteiger partial charge in [0.15, 0.2) is 5.96 Å². The zero-order chi connectivity index (χ0) is 21.1. The molecule has 29 heavy (non-hydrogen) atoms. The van der Waals surface area contributed by atoms with Crippen molar-refractivity contribution < 1.29 is 17.5 Å². The van der Waals surface area contributed by atoms with Gasteiger partial charge in [0.25, 0.3) is 0 Å². The van der Waals surface area contributed by atoms with Gasteiger partial charge in [-0.3, -0.25) is 4.99 Å². The first kappa shape index (κ1) is 23.9. The Hall–Kier alpha value is -1.36. The lowest BCUT2D eigenvalue weighted by Gasteiger charge is -2.22. The van der Waals surface area contributed by atoms with Crippen molar-refractivity contribution >= 4 is 27.7 Å². The van der Waals surface area contributed by atoms with Gasteiger partial charge in [-0.05, 0) is 48.8 Å². The lowest BCUT2D eigenvalue weighted by atomic mass is 10.1. The van der Waals surface area contributed by atoms with Crippen molar-refractivity contribution in [2.75, 3.05) is 38.8 Å². The van der Waals surface area contributed by atoms with Crippen molar-refractivity contribution in [2.45, 2.75) is 37.7 Å². The van der Waals surface area contributed by atoms with Crippen LogP contribution in [0.3, 0.4) is 0 Å². The lowest BCUT2D eigenvalue weighted by molar-refractivity contribution is 0.0200. The Bertz CT molecular complexity index is 769. The van der Waals surface area contributed by atoms with Gasteiger partial charge in [0.2, 0.25) is 10.0 Å². The highest BCUT2D eigenvalue weighted by Crippen LogP contribution is 2.16. The Morgan fingerprint density at radius 3 is 2.83 bits per heavy atom. The molecule has 3 N–H and O–H groups in total. The van der Waals surface area contributed by atoms with Crippen molar-refractivity contribution in [3.05, 3.63) is 35.1 Å². The van der Waals surface area contributed by atoms with E-state index in [9.17, 15) is 12.8 Å². The molecule has 1 heterocycles. The van der Waals surface area contributed by atoms with Crippen LogP contribution in [0.15, 0.2) is 23.2 Å². The van der Waals surface area contributed by atoms with Gasteiger partial charge >= 0.3 is 0 Å². The molecule has 10 heteroatoms. The molecular weight excluding hydrogens is 415 g/mol. The topological polar surface area (TPSA) is 91.8 Å². The normalized spacial score (nSPS) is 17.9. The first-order valence-corrected chi connectivity index (χ1v) is 12.8. The fraction of sp³-hybridized carbons (Fsp3) is 0.632. The number of thioether (sulfide) groups is 1. The molecule has 7 nitrogen and oxygen atoms in total. The van der Waals surface area contributed by atoms with E-state index in [-0.39, 0.29) is 24.2 Å². The summed E-state index contributed by atoms with van der Waals surface area (Å²) in [5, 5.41) is 6.15. The summed E-state index contributed by atoms with van der Waals surface area (Å²) < 4.78 is 46.0. The summed E-state index contributed by atoms with van der Waals surface area (Å²) in [6.07, 6.45) is 4.93. The maximum Gasteiger partial charge on any atom is 0.213 e. The summed E-state index contributed by atoms with van der Waals surface area (Å²) in [4.78, 5) is 4.12. The van der Waals surface area contributed by atoms with Crippen molar-refractivity contribution in [1.82, 2.24) is 15.4 Å². The van der Waals surface area contributed by atoms with Crippen molar-refractivity contribution in [3.63, 3.8) is 0 Å². The van der Waals surface area contributed by atoms with E-state index in [0.717, 1.165) is 36.1 Å². The third-order valence-corrected chi connectivity index (χ3v) is 6.55. The zero-order valence-electron chi connectivity index (χ0n) is 17.0. The number of sulfonamides is 1. The predicted molar refractivity (Wildman–Crippen MR) is 117 cm³/mol. The maximum absolute atomic E-state index is 13.5. The number of guanidine groups is 1. The van der Waals surface area contributed by atoms with Crippen LogP contribution in [0.25, 0.3) is 0 Å². The molecule has 0 spiro atoms. The molecule has 0 amide bonds. The highest BCUT2D eigenvalue weighted by Gasteiger charge is 2.17. The molecule has 1 saturated heterocycles. The predicted octanol–water partition coefficient (Wildman–Crippen LogP) is 1.84. The monoisotopic (exact) mass is 446 g/mol. The summed E-state index contributed by atoms with van der Waals surface area (Å²) in [5.41, 5.74) is 1.91. The largest absolute Gasteiger partial charge is 0.377 e. The highest BCUT2D eigenvalue weighted by molar-refractivity contribution is 7.97. The number of nitrogens with one attached hydrogen (secondary N) is 3. The molecule has 2 rings (SSSR count). The van der Waals surface area contributed by atoms with E-state index < -0.39 is 10.0 Å². The molecule has 1 unspecified atom stereocenters. The van der Waals surface area contributed by atoms with Crippen LogP contribution >= 0.6 is 11.8 Å². The molecule has 0 bridgehead atoms. The minimum absolute atomic E-state index is 0.0351. The Balaban J connectivity index is 1.76. The number of hydrogen-bond donors (Lipinski definition) is 3. The molecule has 0 aromatic heterocycles. The van der Waals surface area contributed by atoms with Crippen LogP contribution in [0.4, 0.5) is 4.39 Å². The summed E-state index contributed by atoms with van der Waals surface area (Å²) in [6, 6.07) is 4.73. The highest BCUT2D eigenvalue weighted by atomic mass is 32.2. The van der Waals surface area contributed by atoms with E-state index in [1.165, 1.54) is 12.1 Å². The maximum atomic E-state index is 13.5. The number of nitrogens with zero attached hydrogens (tertiary/aromatic N) is 1. The molecule has 0 radical (unpaired) electrons. The molecule has 1 aliphatic heterocycles. The fourth-order valence-electron chi connectivity index (χ4n) is 3.02. The van der Waals surface area contributed by atoms with E-state index in [1.54, 1.807) is 24.9 Å². The third-order valence-electron chi connectivity index (χ3n) is 4.61. The van der Waals surface area contributed by atoms with Gasteiger partial charge in [0, 0.05) is 39.0 Å². The second-order valence-electron chi connectivity index (χ2n) is 6.85. The summed E-state index contributed by atoms with van der Waals surface area (Å²) in [7, 11) is -1.77. The number of hydrogen-bond acceptors (Lipinski definition) is 5. The summed E-state index contributed by atoms with van der Waals surface area (Å²) >= 11 is 1.63. The number of halogens is 1. The average molecular weight is 447 g/mol. The van der Waals surface area contributed by atoms with E-state index in [4.69, 9.17) is 4.74 Å². The summed E-state index contributed by atoms with van der Waals surface area (Å²) in [5.74, 6) is 0.899. The third kappa shape index (κ3) is 8.90. The van der Waals surface area contributed by atoms with E-state index in [1.807, 2.05) is 6.26 Å². The Kier molecular flexibility index (Phi) is 10.2. The number of rotatable bonds is 10. The van der Waals surface area contributed by atoms with Gasteiger partial charge < -0.3 is 15.4 Å². The molecule has 1 aliphatic rings. The molecule has 1 aromatic rings. The van der Waals surface area contributed by atoms with Crippen LogP contribution in [-0.4, -0.2) is 59.2 Å². The second kappa shape index (κ2) is 12.4. The standard InChI is InChI=1S/C19H31FN4O3S2/c1-21-19(23-12-15-6-7-17(20)11-16(15)14-28-2)22-8-10-29(25,26)24-13-18-5-3-4-9-27-18/h6-7,11,18,24H,3-5,8-10,12-14H2,1-2H3,(H2,21,22,23). The molecule has 1 fully saturated rings. The fourth-order valence-corrected chi connectivity index (χ4v) is 4.56. The zero-order valence-corrected chi connectivity index (χ0v) is 18.7. The first-order chi connectivity index (χ1) is 13.9. The second-order valence-corrected chi connectivity index (χ2v) is 9.65. The van der Waals surface area contributed by atoms with Crippen LogP contribution in [0.1, 0.15) is 30.4 Å². The van der Waals surface area contributed by atoms with Crippen LogP contribution in [0.5, 0.6) is 0 Å². The van der Waals surface area contributed by atoms with Gasteiger partial charge in [0.05, 0.1) is 11.9 Å². The molecule has 0 aliphatic carbocycles. The number of aliphatic imine (C=N–C) groups is 1. The SMILES string of the molecule is CN=C(NCCS(=O)(=O)NCC1CCCCO1)NCc1ccc(F)cc1CSC. The van der Waals surface area contributed by atoms with Gasteiger partial charge in [-0.2, -0.15) is 11.8 Å². The van der Waals surface area contributed by atoms with Crippen LogP contribution < -0.4 is 15.4 Å². The van der Waals surface area contributed by atoms with Crippen molar-refractivity contribution in [2.24, 2.45) is 4.99 Å². The van der Waals surface area contributed by atoms with Crippen molar-refractivity contribution in [3.8, 4) is 0 Å².